The maximum Gasteiger partial charge on any atom is 0.336 e. The van der Waals surface area contributed by atoms with Gasteiger partial charge < -0.3 is 20.6 Å². The Hall–Kier alpha value is -4.05. The number of carboxylic acids is 1. The van der Waals surface area contributed by atoms with Gasteiger partial charge in [-0.1, -0.05) is 12.1 Å². The van der Waals surface area contributed by atoms with E-state index in [1.807, 2.05) is 18.7 Å². The van der Waals surface area contributed by atoms with E-state index in [1.54, 1.807) is 18.2 Å². The van der Waals surface area contributed by atoms with E-state index in [9.17, 15) is 23.9 Å². The number of carboxylic acid groups (broad SMARTS) is 1. The molecule has 1 saturated heterocycles. The molecule has 0 atom stereocenters. The number of amides is 2. The molecule has 4 rings (SSSR count). The van der Waals surface area contributed by atoms with Crippen LogP contribution in [0.3, 0.4) is 0 Å². The molecule has 0 bridgehead atoms. The highest BCUT2D eigenvalue weighted by molar-refractivity contribution is 6.08. The van der Waals surface area contributed by atoms with E-state index in [4.69, 9.17) is 0 Å². The molecule has 10 heteroatoms. The minimum atomic E-state index is -1.12. The van der Waals surface area contributed by atoms with Crippen LogP contribution in [-0.2, 0) is 4.79 Å². The third-order valence-electron chi connectivity index (χ3n) is 5.92. The summed E-state index contributed by atoms with van der Waals surface area (Å²) in [6, 6.07) is 12.0. The molecule has 3 N–H and O–H groups in total. The van der Waals surface area contributed by atoms with Crippen LogP contribution in [0.5, 0.6) is 0 Å². The van der Waals surface area contributed by atoms with Gasteiger partial charge in [0.15, 0.2) is 0 Å². The number of hydrogen-bond donors (Lipinski definition) is 3. The molecule has 0 aliphatic carbocycles. The molecule has 1 aliphatic heterocycles. The van der Waals surface area contributed by atoms with Gasteiger partial charge in [0.1, 0.15) is 11.6 Å². The molecule has 1 aliphatic rings. The maximum atomic E-state index is 13.9. The van der Waals surface area contributed by atoms with E-state index >= 15 is 0 Å². The van der Waals surface area contributed by atoms with Gasteiger partial charge in [-0.25, -0.2) is 14.2 Å². The summed E-state index contributed by atoms with van der Waals surface area (Å²) in [5.74, 6) is -1.88. The molecule has 2 heterocycles. The van der Waals surface area contributed by atoms with Crippen molar-refractivity contribution in [3.05, 3.63) is 65.5 Å². The van der Waals surface area contributed by atoms with Crippen LogP contribution < -0.4 is 15.5 Å². The second-order valence-corrected chi connectivity index (χ2v) is 8.98. The SMILES string of the molecule is CC(C)NC(=O)CN1CCN(c2cc(C(=O)O)c3cc(NC(=O)c4ccccc4F)ccc3n2)CC1. The van der Waals surface area contributed by atoms with E-state index in [0.29, 0.717) is 55.1 Å². The molecule has 188 valence electrons. The average Bonchev–Trinajstić information content (AvgIpc) is 2.83. The zero-order valence-electron chi connectivity index (χ0n) is 20.1. The van der Waals surface area contributed by atoms with Gasteiger partial charge in [0, 0.05) is 43.3 Å². The van der Waals surface area contributed by atoms with Crippen molar-refractivity contribution in [3.63, 3.8) is 0 Å². The fraction of sp³-hybridized carbons (Fsp3) is 0.308. The van der Waals surface area contributed by atoms with Gasteiger partial charge in [-0.05, 0) is 50.2 Å². The van der Waals surface area contributed by atoms with Crippen molar-refractivity contribution in [2.24, 2.45) is 0 Å². The summed E-state index contributed by atoms with van der Waals surface area (Å²) in [5.41, 5.74) is 0.745. The monoisotopic (exact) mass is 493 g/mol. The largest absolute Gasteiger partial charge is 0.478 e. The predicted octanol–water partition coefficient (Wildman–Crippen LogP) is 2.97. The van der Waals surface area contributed by atoms with Gasteiger partial charge in [-0.2, -0.15) is 0 Å². The van der Waals surface area contributed by atoms with Crippen molar-refractivity contribution in [1.82, 2.24) is 15.2 Å². The Morgan fingerprint density at radius 3 is 2.42 bits per heavy atom. The molecular formula is C26H28FN5O4. The molecule has 36 heavy (non-hydrogen) atoms. The number of aromatic carboxylic acids is 1. The van der Waals surface area contributed by atoms with Crippen molar-refractivity contribution >= 4 is 40.2 Å². The van der Waals surface area contributed by atoms with Crippen molar-refractivity contribution in [3.8, 4) is 0 Å². The highest BCUT2D eigenvalue weighted by Gasteiger charge is 2.22. The summed E-state index contributed by atoms with van der Waals surface area (Å²) >= 11 is 0. The number of nitrogens with zero attached hydrogens (tertiary/aromatic N) is 3. The first kappa shape index (κ1) is 25.1. The van der Waals surface area contributed by atoms with Gasteiger partial charge in [0.2, 0.25) is 5.91 Å². The van der Waals surface area contributed by atoms with Gasteiger partial charge in [0.25, 0.3) is 5.91 Å². The lowest BCUT2D eigenvalue weighted by atomic mass is 10.1. The van der Waals surface area contributed by atoms with E-state index in [2.05, 4.69) is 20.5 Å². The van der Waals surface area contributed by atoms with Gasteiger partial charge in [0.05, 0.1) is 23.2 Å². The summed E-state index contributed by atoms with van der Waals surface area (Å²) < 4.78 is 13.9. The van der Waals surface area contributed by atoms with Crippen molar-refractivity contribution in [1.29, 1.82) is 0 Å². The lowest BCUT2D eigenvalue weighted by Gasteiger charge is -2.35. The van der Waals surface area contributed by atoms with E-state index in [-0.39, 0.29) is 23.1 Å². The molecule has 0 unspecified atom stereocenters. The van der Waals surface area contributed by atoms with E-state index < -0.39 is 17.7 Å². The number of carbonyl (C=O) groups excluding carboxylic acids is 2. The zero-order valence-corrected chi connectivity index (χ0v) is 20.1. The fourth-order valence-corrected chi connectivity index (χ4v) is 4.18. The number of anilines is 2. The van der Waals surface area contributed by atoms with Gasteiger partial charge >= 0.3 is 5.97 Å². The lowest BCUT2D eigenvalue weighted by Crippen LogP contribution is -2.50. The molecule has 0 radical (unpaired) electrons. The Balaban J connectivity index is 1.52. The van der Waals surface area contributed by atoms with Crippen LogP contribution >= 0.6 is 0 Å². The lowest BCUT2D eigenvalue weighted by molar-refractivity contribution is -0.122. The van der Waals surface area contributed by atoms with E-state index in [1.165, 1.54) is 30.3 Å². The van der Waals surface area contributed by atoms with Crippen molar-refractivity contribution in [2.75, 3.05) is 42.9 Å². The maximum absolute atomic E-state index is 13.9. The fourth-order valence-electron chi connectivity index (χ4n) is 4.18. The highest BCUT2D eigenvalue weighted by atomic mass is 19.1. The number of halogens is 1. The minimum absolute atomic E-state index is 0.0201. The third kappa shape index (κ3) is 5.77. The molecule has 1 aromatic heterocycles. The number of nitrogens with one attached hydrogen (secondary N) is 2. The number of benzene rings is 2. The van der Waals surface area contributed by atoms with Crippen molar-refractivity contribution in [2.45, 2.75) is 19.9 Å². The summed E-state index contributed by atoms with van der Waals surface area (Å²) in [5, 5.41) is 15.7. The van der Waals surface area contributed by atoms with Crippen LogP contribution in [0.4, 0.5) is 15.9 Å². The number of carbonyl (C=O) groups is 3. The smallest absolute Gasteiger partial charge is 0.336 e. The minimum Gasteiger partial charge on any atom is -0.478 e. The standard InChI is InChI=1S/C26H28FN5O4/c1-16(2)28-24(33)15-31-9-11-32(12-10-31)23-14-20(26(35)36)19-13-17(7-8-22(19)30-23)29-25(34)18-5-3-4-6-21(18)27/h3-8,13-14,16H,9-12,15H2,1-2H3,(H,28,33)(H,29,34)(H,35,36). The molecule has 0 saturated carbocycles. The number of piperazine rings is 1. The molecule has 0 spiro atoms. The Morgan fingerprint density at radius 1 is 1.03 bits per heavy atom. The number of hydrogen-bond acceptors (Lipinski definition) is 6. The van der Waals surface area contributed by atoms with Gasteiger partial charge in [-0.3, -0.25) is 14.5 Å². The Labute approximate surface area is 207 Å². The predicted molar refractivity (Wildman–Crippen MR) is 135 cm³/mol. The topological polar surface area (TPSA) is 115 Å². The third-order valence-corrected chi connectivity index (χ3v) is 5.92. The van der Waals surface area contributed by atoms with Gasteiger partial charge in [-0.15, -0.1) is 0 Å². The summed E-state index contributed by atoms with van der Waals surface area (Å²) in [7, 11) is 0. The first-order valence-corrected chi connectivity index (χ1v) is 11.7. The van der Waals surface area contributed by atoms with Crippen molar-refractivity contribution < 1.29 is 23.9 Å². The zero-order chi connectivity index (χ0) is 25.8. The number of pyridine rings is 1. The Bertz CT molecular complexity index is 1300. The van der Waals surface area contributed by atoms with Crippen LogP contribution in [0.25, 0.3) is 10.9 Å². The number of rotatable bonds is 7. The Kier molecular flexibility index (Phi) is 7.44. The average molecular weight is 494 g/mol. The summed E-state index contributed by atoms with van der Waals surface area (Å²) in [6.07, 6.45) is 0. The number of aromatic nitrogens is 1. The van der Waals surface area contributed by atoms with Crippen LogP contribution in [0, 0.1) is 5.82 Å². The first-order chi connectivity index (χ1) is 17.2. The number of fused-ring (bicyclic) bond motifs is 1. The van der Waals surface area contributed by atoms with Crippen LogP contribution in [0.15, 0.2) is 48.5 Å². The Morgan fingerprint density at radius 2 is 1.75 bits per heavy atom. The quantitative estimate of drug-likeness (QED) is 0.464. The molecular weight excluding hydrogens is 465 g/mol. The summed E-state index contributed by atoms with van der Waals surface area (Å²) in [6.45, 7) is 6.65. The normalized spacial score (nSPS) is 14.2. The highest BCUT2D eigenvalue weighted by Crippen LogP contribution is 2.27. The van der Waals surface area contributed by atoms with Crippen LogP contribution in [0.1, 0.15) is 34.6 Å². The second-order valence-electron chi connectivity index (χ2n) is 8.98. The molecule has 3 aromatic rings. The first-order valence-electron chi connectivity index (χ1n) is 11.7. The summed E-state index contributed by atoms with van der Waals surface area (Å²) in [4.78, 5) is 45.3. The van der Waals surface area contributed by atoms with Crippen LogP contribution in [0.2, 0.25) is 0 Å². The molecule has 1 fully saturated rings. The second kappa shape index (κ2) is 10.7. The van der Waals surface area contributed by atoms with Crippen LogP contribution in [-0.4, -0.2) is 71.5 Å². The molecule has 9 nitrogen and oxygen atoms in total. The van der Waals surface area contributed by atoms with E-state index in [0.717, 1.165) is 0 Å². The molecule has 2 aromatic carbocycles. The molecule has 2 amide bonds.